The Kier molecular flexibility index (Phi) is 6.69. The van der Waals surface area contributed by atoms with E-state index in [9.17, 15) is 13.5 Å². The second kappa shape index (κ2) is 8.88. The van der Waals surface area contributed by atoms with Gasteiger partial charge in [-0.3, -0.25) is 0 Å². The number of para-hydroxylation sites is 1. The van der Waals surface area contributed by atoms with Crippen molar-refractivity contribution in [3.05, 3.63) is 65.3 Å². The van der Waals surface area contributed by atoms with Crippen molar-refractivity contribution in [3.63, 3.8) is 0 Å². The number of hydrogen-bond donors (Lipinski definition) is 1. The number of aliphatic hydroxyl groups excluding tert-OH is 1. The van der Waals surface area contributed by atoms with Crippen LogP contribution in [0.25, 0.3) is 10.9 Å². The van der Waals surface area contributed by atoms with E-state index in [1.165, 1.54) is 16.4 Å². The lowest BCUT2D eigenvalue weighted by Crippen LogP contribution is -2.43. The highest BCUT2D eigenvalue weighted by Crippen LogP contribution is 2.27. The number of rotatable bonds is 8. The van der Waals surface area contributed by atoms with Crippen molar-refractivity contribution in [2.75, 3.05) is 6.61 Å². The Hall–Kier alpha value is -1.86. The molecule has 2 aromatic carbocycles. The maximum Gasteiger partial charge on any atom is 0.243 e. The summed E-state index contributed by atoms with van der Waals surface area (Å²) in [4.78, 5) is 0.169. The van der Waals surface area contributed by atoms with E-state index in [4.69, 9.17) is 11.6 Å². The number of aryl methyl sites for hydroxylation is 1. The maximum absolute atomic E-state index is 13.5. The number of benzene rings is 2. The molecular weight excluding hydrogens is 408 g/mol. The van der Waals surface area contributed by atoms with Gasteiger partial charge in [0, 0.05) is 29.3 Å². The Balaban J connectivity index is 2.06. The third-order valence-corrected chi connectivity index (χ3v) is 7.32. The van der Waals surface area contributed by atoms with E-state index < -0.39 is 16.1 Å². The highest BCUT2D eigenvalue weighted by atomic mass is 35.5. The second-order valence-electron chi connectivity index (χ2n) is 7.72. The standard InChI is InChI=1S/C22H27ClN2O3S/c1-16(2)12-20(15-26)25(29(27,28)21-10-8-18(23)9-11-21)14-19-13-17-6-4-5-7-22(17)24(19)3/h4-11,13,16,20,26H,12,14-15H2,1-3H3. The first-order chi connectivity index (χ1) is 13.7. The van der Waals surface area contributed by atoms with Crippen molar-refractivity contribution in [2.45, 2.75) is 37.8 Å². The third kappa shape index (κ3) is 4.67. The molecular formula is C22H27ClN2O3S. The average Bonchev–Trinajstić information content (AvgIpc) is 3.00. The van der Waals surface area contributed by atoms with Crippen molar-refractivity contribution < 1.29 is 13.5 Å². The minimum Gasteiger partial charge on any atom is -0.395 e. The molecule has 29 heavy (non-hydrogen) atoms. The van der Waals surface area contributed by atoms with Crippen molar-refractivity contribution in [3.8, 4) is 0 Å². The molecule has 1 N–H and O–H groups in total. The molecule has 0 aliphatic heterocycles. The minimum atomic E-state index is -3.83. The molecule has 0 saturated heterocycles. The van der Waals surface area contributed by atoms with Crippen LogP contribution in [-0.2, 0) is 23.6 Å². The van der Waals surface area contributed by atoms with E-state index >= 15 is 0 Å². The monoisotopic (exact) mass is 434 g/mol. The zero-order valence-electron chi connectivity index (χ0n) is 16.9. The molecule has 0 saturated carbocycles. The summed E-state index contributed by atoms with van der Waals surface area (Å²) < 4.78 is 30.5. The molecule has 0 bridgehead atoms. The lowest BCUT2D eigenvalue weighted by Gasteiger charge is -2.31. The number of nitrogens with zero attached hydrogens (tertiary/aromatic N) is 2. The predicted molar refractivity (Wildman–Crippen MR) is 117 cm³/mol. The zero-order valence-corrected chi connectivity index (χ0v) is 18.5. The maximum atomic E-state index is 13.5. The van der Waals surface area contributed by atoms with Crippen LogP contribution in [0.5, 0.6) is 0 Å². The Bertz CT molecular complexity index is 1080. The number of hydrogen-bond acceptors (Lipinski definition) is 3. The summed E-state index contributed by atoms with van der Waals surface area (Å²) in [6.45, 7) is 3.97. The van der Waals surface area contributed by atoms with E-state index in [2.05, 4.69) is 0 Å². The summed E-state index contributed by atoms with van der Waals surface area (Å²) in [7, 11) is -1.89. The van der Waals surface area contributed by atoms with Gasteiger partial charge < -0.3 is 9.67 Å². The van der Waals surface area contributed by atoms with E-state index in [0.717, 1.165) is 16.6 Å². The van der Waals surface area contributed by atoms with Crippen molar-refractivity contribution >= 4 is 32.5 Å². The molecule has 3 rings (SSSR count). The fourth-order valence-electron chi connectivity index (χ4n) is 3.64. The van der Waals surface area contributed by atoms with Crippen molar-refractivity contribution in [1.82, 2.24) is 8.87 Å². The van der Waals surface area contributed by atoms with Crippen LogP contribution in [-0.4, -0.2) is 35.0 Å². The van der Waals surface area contributed by atoms with Crippen molar-refractivity contribution in [1.29, 1.82) is 0 Å². The van der Waals surface area contributed by atoms with Gasteiger partial charge in [-0.15, -0.1) is 0 Å². The summed E-state index contributed by atoms with van der Waals surface area (Å²) in [5.41, 5.74) is 1.90. The Morgan fingerprint density at radius 2 is 1.76 bits per heavy atom. The van der Waals surface area contributed by atoms with Crippen LogP contribution < -0.4 is 0 Å². The molecule has 1 aromatic heterocycles. The van der Waals surface area contributed by atoms with Crippen LogP contribution in [0.2, 0.25) is 5.02 Å². The Morgan fingerprint density at radius 1 is 1.10 bits per heavy atom. The summed E-state index contributed by atoms with van der Waals surface area (Å²) in [5, 5.41) is 11.6. The molecule has 1 atom stereocenters. The van der Waals surface area contributed by atoms with Gasteiger partial charge in [0.2, 0.25) is 10.0 Å². The van der Waals surface area contributed by atoms with Gasteiger partial charge in [-0.2, -0.15) is 4.31 Å². The number of sulfonamides is 1. The quantitative estimate of drug-likeness (QED) is 0.570. The van der Waals surface area contributed by atoms with E-state index in [-0.39, 0.29) is 24.0 Å². The van der Waals surface area contributed by atoms with E-state index in [0.29, 0.717) is 11.4 Å². The van der Waals surface area contributed by atoms with Crippen LogP contribution in [0.15, 0.2) is 59.5 Å². The topological polar surface area (TPSA) is 62.5 Å². The van der Waals surface area contributed by atoms with Crippen LogP contribution in [0.4, 0.5) is 0 Å². The zero-order chi connectivity index (χ0) is 21.2. The van der Waals surface area contributed by atoms with Crippen molar-refractivity contribution in [2.24, 2.45) is 13.0 Å². The highest BCUT2D eigenvalue weighted by Gasteiger charge is 2.32. The molecule has 156 valence electrons. The number of fused-ring (bicyclic) bond motifs is 1. The van der Waals surface area contributed by atoms with Crippen LogP contribution in [0.1, 0.15) is 26.0 Å². The SMILES string of the molecule is CC(C)CC(CO)N(Cc1cc2ccccc2n1C)S(=O)(=O)c1ccc(Cl)cc1. The molecule has 5 nitrogen and oxygen atoms in total. The van der Waals surface area contributed by atoms with E-state index in [1.807, 2.05) is 55.8 Å². The minimum absolute atomic E-state index is 0.169. The molecule has 1 unspecified atom stereocenters. The molecule has 0 amide bonds. The predicted octanol–water partition coefficient (Wildman–Crippen LogP) is 4.43. The van der Waals surface area contributed by atoms with Crippen LogP contribution in [0.3, 0.4) is 0 Å². The first-order valence-corrected chi connectivity index (χ1v) is 11.5. The van der Waals surface area contributed by atoms with Gasteiger partial charge in [-0.05, 0) is 54.1 Å². The molecule has 0 spiro atoms. The normalized spacial score (nSPS) is 13.5. The van der Waals surface area contributed by atoms with Gasteiger partial charge in [-0.1, -0.05) is 43.6 Å². The van der Waals surface area contributed by atoms with Gasteiger partial charge >= 0.3 is 0 Å². The fourth-order valence-corrected chi connectivity index (χ4v) is 5.36. The summed E-state index contributed by atoms with van der Waals surface area (Å²) in [6, 6.07) is 15.6. The molecule has 0 aliphatic carbocycles. The largest absolute Gasteiger partial charge is 0.395 e. The molecule has 0 radical (unpaired) electrons. The van der Waals surface area contributed by atoms with Gasteiger partial charge in [0.15, 0.2) is 0 Å². The van der Waals surface area contributed by atoms with Gasteiger partial charge in [0.1, 0.15) is 0 Å². The average molecular weight is 435 g/mol. The summed E-state index contributed by atoms with van der Waals surface area (Å²) in [5.74, 6) is 0.238. The second-order valence-corrected chi connectivity index (χ2v) is 10.1. The Morgan fingerprint density at radius 3 is 2.34 bits per heavy atom. The lowest BCUT2D eigenvalue weighted by molar-refractivity contribution is 0.163. The number of halogens is 1. The highest BCUT2D eigenvalue weighted by molar-refractivity contribution is 7.89. The molecule has 1 heterocycles. The molecule has 3 aromatic rings. The summed E-state index contributed by atoms with van der Waals surface area (Å²) >= 11 is 5.94. The Labute approximate surface area is 177 Å². The molecule has 7 heteroatoms. The van der Waals surface area contributed by atoms with E-state index in [1.54, 1.807) is 12.1 Å². The van der Waals surface area contributed by atoms with Gasteiger partial charge in [-0.25, -0.2) is 8.42 Å². The van der Waals surface area contributed by atoms with Gasteiger partial charge in [0.05, 0.1) is 18.0 Å². The smallest absolute Gasteiger partial charge is 0.243 e. The first-order valence-electron chi connectivity index (χ1n) is 9.65. The van der Waals surface area contributed by atoms with Crippen LogP contribution in [0, 0.1) is 5.92 Å². The summed E-state index contributed by atoms with van der Waals surface area (Å²) in [6.07, 6.45) is 0.563. The third-order valence-electron chi connectivity index (χ3n) is 5.15. The number of aromatic nitrogens is 1. The fraction of sp³-hybridized carbons (Fsp3) is 0.364. The van der Waals surface area contributed by atoms with Crippen LogP contribution >= 0.6 is 11.6 Å². The number of aliphatic hydroxyl groups is 1. The van der Waals surface area contributed by atoms with Gasteiger partial charge in [0.25, 0.3) is 0 Å². The molecule has 0 fully saturated rings. The lowest BCUT2D eigenvalue weighted by atomic mass is 10.0. The first kappa shape index (κ1) is 21.8. The molecule has 0 aliphatic rings.